The zero-order valence-electron chi connectivity index (χ0n) is 21.1. The molecule has 0 N–H and O–H groups in total. The molecule has 1 aromatic heterocycles. The average molecular weight is 474 g/mol. The highest BCUT2D eigenvalue weighted by atomic mass is 32.2. The summed E-state index contributed by atoms with van der Waals surface area (Å²) >= 11 is 1.85. The van der Waals surface area contributed by atoms with E-state index in [1.807, 2.05) is 25.6 Å². The molecular formula is C30H35NO2S. The lowest BCUT2D eigenvalue weighted by molar-refractivity contribution is -0.146. The van der Waals surface area contributed by atoms with Crippen molar-refractivity contribution >= 4 is 39.5 Å². The Hall–Kier alpha value is -2.72. The van der Waals surface area contributed by atoms with Crippen LogP contribution in [0.3, 0.4) is 0 Å². The van der Waals surface area contributed by atoms with E-state index in [-0.39, 0.29) is 18.5 Å². The molecule has 3 aromatic carbocycles. The maximum atomic E-state index is 12.8. The highest BCUT2D eigenvalue weighted by molar-refractivity contribution is 8.00. The predicted octanol–water partition coefficient (Wildman–Crippen LogP) is 7.96. The van der Waals surface area contributed by atoms with Crippen molar-refractivity contribution in [1.82, 2.24) is 4.57 Å². The first-order valence-electron chi connectivity index (χ1n) is 12.2. The largest absolute Gasteiger partial charge is 0.463 e. The molecular weight excluding hydrogens is 438 g/mol. The number of fused-ring (bicyclic) bond motifs is 3. The first kappa shape index (κ1) is 24.4. The van der Waals surface area contributed by atoms with Gasteiger partial charge in [0.1, 0.15) is 0 Å². The van der Waals surface area contributed by atoms with Crippen molar-refractivity contribution in [2.45, 2.75) is 76.7 Å². The summed E-state index contributed by atoms with van der Waals surface area (Å²) in [4.78, 5) is 14.0. The molecule has 0 atom stereocenters. The second kappa shape index (κ2) is 10.3. The molecule has 0 fully saturated rings. The molecule has 3 nitrogen and oxygen atoms in total. The highest BCUT2D eigenvalue weighted by Crippen LogP contribution is 2.43. The fourth-order valence-corrected chi connectivity index (χ4v) is 5.73. The van der Waals surface area contributed by atoms with E-state index in [1.165, 1.54) is 37.8 Å². The molecule has 0 saturated carbocycles. The average Bonchev–Trinajstić information content (AvgIpc) is 3.09. The van der Waals surface area contributed by atoms with Crippen LogP contribution in [0.2, 0.25) is 0 Å². The third-order valence-electron chi connectivity index (χ3n) is 5.96. The molecule has 0 spiro atoms. The van der Waals surface area contributed by atoms with Gasteiger partial charge in [0, 0.05) is 33.0 Å². The van der Waals surface area contributed by atoms with E-state index < -0.39 is 0 Å². The van der Waals surface area contributed by atoms with E-state index in [0.29, 0.717) is 11.2 Å². The standard InChI is InChI=1S/C30H35NO2S/c1-19(2)25-16-23(17-27(32)33-20(3)4)30(34-21(5)6)29-28(25)24-14-10-11-15-26(24)31(29)18-22-12-8-7-9-13-22/h7-16,19-21H,17-18H2,1-6H3. The van der Waals surface area contributed by atoms with E-state index in [9.17, 15) is 4.79 Å². The Morgan fingerprint density at radius 2 is 1.62 bits per heavy atom. The van der Waals surface area contributed by atoms with Crippen molar-refractivity contribution in [2.75, 3.05) is 0 Å². The van der Waals surface area contributed by atoms with Gasteiger partial charge in [0.25, 0.3) is 0 Å². The second-order valence-corrected chi connectivity index (χ2v) is 11.4. The van der Waals surface area contributed by atoms with Crippen molar-refractivity contribution < 1.29 is 9.53 Å². The van der Waals surface area contributed by atoms with Gasteiger partial charge in [0.15, 0.2) is 0 Å². The molecule has 0 bridgehead atoms. The number of hydrogen-bond donors (Lipinski definition) is 0. The quantitative estimate of drug-likeness (QED) is 0.192. The Balaban J connectivity index is 2.06. The van der Waals surface area contributed by atoms with Gasteiger partial charge in [0.05, 0.1) is 18.0 Å². The molecule has 4 aromatic rings. The summed E-state index contributed by atoms with van der Waals surface area (Å²) in [5.74, 6) is 0.164. The monoisotopic (exact) mass is 473 g/mol. The maximum absolute atomic E-state index is 12.8. The number of carbonyl (C=O) groups is 1. The third-order valence-corrected chi connectivity index (χ3v) is 7.12. The number of hydrogen-bond acceptors (Lipinski definition) is 3. The van der Waals surface area contributed by atoms with Gasteiger partial charge in [-0.15, -0.1) is 11.8 Å². The van der Waals surface area contributed by atoms with Gasteiger partial charge < -0.3 is 9.30 Å². The van der Waals surface area contributed by atoms with Crippen LogP contribution in [-0.4, -0.2) is 21.9 Å². The zero-order valence-corrected chi connectivity index (χ0v) is 21.9. The predicted molar refractivity (Wildman–Crippen MR) is 145 cm³/mol. The number of ether oxygens (including phenoxy) is 1. The highest BCUT2D eigenvalue weighted by Gasteiger charge is 2.24. The lowest BCUT2D eigenvalue weighted by Gasteiger charge is -2.20. The fraction of sp³-hybridized carbons (Fsp3) is 0.367. The molecule has 0 saturated heterocycles. The van der Waals surface area contributed by atoms with Crippen LogP contribution in [0.5, 0.6) is 0 Å². The van der Waals surface area contributed by atoms with E-state index >= 15 is 0 Å². The van der Waals surface area contributed by atoms with Gasteiger partial charge in [-0.3, -0.25) is 4.79 Å². The normalized spacial score (nSPS) is 11.9. The number of esters is 1. The van der Waals surface area contributed by atoms with Crippen LogP contribution < -0.4 is 0 Å². The first-order valence-corrected chi connectivity index (χ1v) is 13.1. The van der Waals surface area contributed by atoms with Crippen molar-refractivity contribution in [3.63, 3.8) is 0 Å². The van der Waals surface area contributed by atoms with Crippen molar-refractivity contribution in [2.24, 2.45) is 0 Å². The Morgan fingerprint density at radius 1 is 0.941 bits per heavy atom. The Kier molecular flexibility index (Phi) is 7.37. The molecule has 0 aliphatic carbocycles. The molecule has 0 radical (unpaired) electrons. The third kappa shape index (κ3) is 5.02. The summed E-state index contributed by atoms with van der Waals surface area (Å²) < 4.78 is 8.01. The summed E-state index contributed by atoms with van der Waals surface area (Å²) in [6.07, 6.45) is 0.169. The summed E-state index contributed by atoms with van der Waals surface area (Å²) in [5.41, 5.74) is 6.09. The van der Waals surface area contributed by atoms with Crippen molar-refractivity contribution in [3.05, 3.63) is 77.4 Å². The Morgan fingerprint density at radius 3 is 2.26 bits per heavy atom. The molecule has 0 unspecified atom stereocenters. The molecule has 34 heavy (non-hydrogen) atoms. The number of nitrogens with zero attached hydrogens (tertiary/aromatic N) is 1. The lowest BCUT2D eigenvalue weighted by atomic mass is 9.94. The number of benzene rings is 3. The number of carbonyl (C=O) groups excluding carboxylic acids is 1. The van der Waals surface area contributed by atoms with Crippen LogP contribution in [0.25, 0.3) is 21.8 Å². The van der Waals surface area contributed by atoms with Crippen LogP contribution in [0.1, 0.15) is 64.2 Å². The lowest BCUT2D eigenvalue weighted by Crippen LogP contribution is -2.15. The van der Waals surface area contributed by atoms with Crippen molar-refractivity contribution in [1.29, 1.82) is 0 Å². The zero-order chi connectivity index (χ0) is 24.4. The van der Waals surface area contributed by atoms with Gasteiger partial charge in [-0.25, -0.2) is 0 Å². The molecule has 178 valence electrons. The van der Waals surface area contributed by atoms with Crippen LogP contribution >= 0.6 is 11.8 Å². The molecule has 4 heteroatoms. The van der Waals surface area contributed by atoms with Crippen LogP contribution in [0.4, 0.5) is 0 Å². The minimum absolute atomic E-state index is 0.119. The summed E-state index contributed by atoms with van der Waals surface area (Å²) in [6, 6.07) is 21.6. The topological polar surface area (TPSA) is 31.2 Å². The molecule has 0 aliphatic heterocycles. The van der Waals surface area contributed by atoms with Crippen LogP contribution in [-0.2, 0) is 22.5 Å². The van der Waals surface area contributed by atoms with Gasteiger partial charge in [-0.05, 0) is 42.5 Å². The minimum atomic E-state index is -0.166. The van der Waals surface area contributed by atoms with Crippen LogP contribution in [0, 0.1) is 0 Å². The molecule has 4 rings (SSSR count). The number of aromatic nitrogens is 1. The second-order valence-electron chi connectivity index (χ2n) is 9.80. The van der Waals surface area contributed by atoms with E-state index in [0.717, 1.165) is 12.1 Å². The van der Waals surface area contributed by atoms with Gasteiger partial charge in [0.2, 0.25) is 0 Å². The Bertz CT molecular complexity index is 1300. The van der Waals surface area contributed by atoms with Crippen molar-refractivity contribution in [3.8, 4) is 0 Å². The Labute approximate surface area is 207 Å². The summed E-state index contributed by atoms with van der Waals surface area (Å²) in [5, 5.41) is 2.97. The van der Waals surface area contributed by atoms with E-state index in [1.54, 1.807) is 0 Å². The number of rotatable bonds is 8. The smallest absolute Gasteiger partial charge is 0.310 e. The SMILES string of the molecule is CC(C)OC(=O)Cc1cc(C(C)C)c2c3ccccc3n(Cc3ccccc3)c2c1SC(C)C. The molecule has 0 amide bonds. The molecule has 1 heterocycles. The van der Waals surface area contributed by atoms with Crippen LogP contribution in [0.15, 0.2) is 65.6 Å². The molecule has 0 aliphatic rings. The van der Waals surface area contributed by atoms with E-state index in [4.69, 9.17) is 4.74 Å². The first-order chi connectivity index (χ1) is 16.3. The summed E-state index contributed by atoms with van der Waals surface area (Å²) in [7, 11) is 0. The van der Waals surface area contributed by atoms with Gasteiger partial charge in [-0.1, -0.05) is 82.3 Å². The minimum Gasteiger partial charge on any atom is -0.463 e. The van der Waals surface area contributed by atoms with Gasteiger partial charge in [-0.2, -0.15) is 0 Å². The maximum Gasteiger partial charge on any atom is 0.310 e. The number of thioether (sulfide) groups is 1. The summed E-state index contributed by atoms with van der Waals surface area (Å²) in [6.45, 7) is 13.5. The van der Waals surface area contributed by atoms with E-state index in [2.05, 4.69) is 92.9 Å². The number of para-hydroxylation sites is 1. The van der Waals surface area contributed by atoms with Gasteiger partial charge >= 0.3 is 5.97 Å². The fourth-order valence-electron chi connectivity index (χ4n) is 4.65.